The molecule has 1 rings (SSSR count). The molecule has 7 heteroatoms. The lowest BCUT2D eigenvalue weighted by Crippen LogP contribution is -2.40. The summed E-state index contributed by atoms with van der Waals surface area (Å²) in [4.78, 5) is 0.0549. The summed E-state index contributed by atoms with van der Waals surface area (Å²) in [6.45, 7) is 2.30. The van der Waals surface area contributed by atoms with E-state index in [2.05, 4.69) is 4.72 Å². The van der Waals surface area contributed by atoms with Gasteiger partial charge in [-0.2, -0.15) is 0 Å². The van der Waals surface area contributed by atoms with Crippen LogP contribution in [0.1, 0.15) is 26.2 Å². The molecule has 1 aromatic carbocycles. The third-order valence-electron chi connectivity index (χ3n) is 3.17. The first-order valence-electron chi connectivity index (χ1n) is 6.92. The predicted molar refractivity (Wildman–Crippen MR) is 82.2 cm³/mol. The van der Waals surface area contributed by atoms with Crippen molar-refractivity contribution in [3.05, 3.63) is 18.2 Å². The molecule has 1 unspecified atom stereocenters. The summed E-state index contributed by atoms with van der Waals surface area (Å²) in [7, 11) is -0.802. The highest BCUT2D eigenvalue weighted by Crippen LogP contribution is 2.28. The zero-order valence-corrected chi connectivity index (χ0v) is 13.6. The highest BCUT2D eigenvalue weighted by molar-refractivity contribution is 7.89. The summed E-state index contributed by atoms with van der Waals surface area (Å²) in [6, 6.07) is 4.37. The largest absolute Gasteiger partial charge is 0.497 e. The van der Waals surface area contributed by atoms with Crippen LogP contribution in [0.5, 0.6) is 11.5 Å². The van der Waals surface area contributed by atoms with Gasteiger partial charge in [0.05, 0.1) is 14.2 Å². The van der Waals surface area contributed by atoms with Crippen LogP contribution in [0.2, 0.25) is 0 Å². The van der Waals surface area contributed by atoms with Crippen molar-refractivity contribution in [2.24, 2.45) is 5.73 Å². The lowest BCUT2D eigenvalue weighted by Gasteiger charge is -2.18. The number of nitrogens with two attached hydrogens (primary N) is 1. The fourth-order valence-electron chi connectivity index (χ4n) is 1.95. The highest BCUT2D eigenvalue weighted by atomic mass is 32.2. The van der Waals surface area contributed by atoms with E-state index >= 15 is 0 Å². The van der Waals surface area contributed by atoms with E-state index in [-0.39, 0.29) is 23.2 Å². The molecule has 0 saturated heterocycles. The van der Waals surface area contributed by atoms with Crippen molar-refractivity contribution in [3.8, 4) is 11.5 Å². The molecule has 0 aliphatic rings. The fraction of sp³-hybridized carbons (Fsp3) is 0.571. The van der Waals surface area contributed by atoms with Crippen molar-refractivity contribution in [3.63, 3.8) is 0 Å². The van der Waals surface area contributed by atoms with Crippen LogP contribution in [0.3, 0.4) is 0 Å². The minimum absolute atomic E-state index is 0.0549. The van der Waals surface area contributed by atoms with Gasteiger partial charge in [-0.3, -0.25) is 0 Å². The molecule has 0 radical (unpaired) electrons. The third-order valence-corrected chi connectivity index (χ3v) is 4.71. The van der Waals surface area contributed by atoms with E-state index in [1.54, 1.807) is 12.1 Å². The van der Waals surface area contributed by atoms with Crippen molar-refractivity contribution < 1.29 is 17.9 Å². The zero-order valence-electron chi connectivity index (χ0n) is 12.8. The van der Waals surface area contributed by atoms with Crippen molar-refractivity contribution in [2.45, 2.75) is 37.1 Å². The first-order valence-corrected chi connectivity index (χ1v) is 8.41. The molecule has 3 N–H and O–H groups in total. The Morgan fingerprint density at radius 3 is 2.52 bits per heavy atom. The standard InChI is InChI=1S/C14H24N2O4S/c1-4-5-6-11(10-15)16-21(17,18)14-9-12(19-2)7-8-13(14)20-3/h7-9,11,16H,4-6,10,15H2,1-3H3. The molecule has 0 aliphatic carbocycles. The van der Waals surface area contributed by atoms with Gasteiger partial charge >= 0.3 is 0 Å². The lowest BCUT2D eigenvalue weighted by molar-refractivity contribution is 0.391. The lowest BCUT2D eigenvalue weighted by atomic mass is 10.1. The second kappa shape index (κ2) is 8.21. The summed E-state index contributed by atoms with van der Waals surface area (Å²) in [5.41, 5.74) is 5.64. The summed E-state index contributed by atoms with van der Waals surface area (Å²) in [5.74, 6) is 0.726. The Kier molecular flexibility index (Phi) is 6.94. The molecule has 1 atom stereocenters. The van der Waals surface area contributed by atoms with Crippen LogP contribution < -0.4 is 19.9 Å². The molecular formula is C14H24N2O4S. The SMILES string of the molecule is CCCCC(CN)NS(=O)(=O)c1cc(OC)ccc1OC. The number of nitrogens with one attached hydrogen (secondary N) is 1. The van der Waals surface area contributed by atoms with E-state index in [4.69, 9.17) is 15.2 Å². The topological polar surface area (TPSA) is 90.7 Å². The van der Waals surface area contributed by atoms with Gasteiger partial charge in [-0.15, -0.1) is 0 Å². The second-order valence-electron chi connectivity index (χ2n) is 4.71. The molecule has 120 valence electrons. The number of sulfonamides is 1. The normalized spacial score (nSPS) is 13.0. The molecule has 0 aliphatic heterocycles. The molecule has 0 aromatic heterocycles. The maximum absolute atomic E-state index is 12.5. The van der Waals surface area contributed by atoms with Crippen molar-refractivity contribution in [1.29, 1.82) is 0 Å². The van der Waals surface area contributed by atoms with E-state index in [1.165, 1.54) is 20.3 Å². The molecule has 0 spiro atoms. The summed E-state index contributed by atoms with van der Waals surface area (Å²) < 4.78 is 37.8. The van der Waals surface area contributed by atoms with E-state index in [0.29, 0.717) is 12.2 Å². The van der Waals surface area contributed by atoms with Gasteiger partial charge in [-0.05, 0) is 18.6 Å². The van der Waals surface area contributed by atoms with Gasteiger partial charge < -0.3 is 15.2 Å². The van der Waals surface area contributed by atoms with E-state index in [9.17, 15) is 8.42 Å². The molecule has 21 heavy (non-hydrogen) atoms. The molecule has 0 heterocycles. The van der Waals surface area contributed by atoms with Gasteiger partial charge in [-0.25, -0.2) is 13.1 Å². The molecule has 1 aromatic rings. The monoisotopic (exact) mass is 316 g/mol. The van der Waals surface area contributed by atoms with Crippen molar-refractivity contribution >= 4 is 10.0 Å². The molecule has 0 fully saturated rings. The van der Waals surface area contributed by atoms with Gasteiger partial charge in [0.25, 0.3) is 0 Å². The number of methoxy groups -OCH3 is 2. The van der Waals surface area contributed by atoms with E-state index in [0.717, 1.165) is 12.8 Å². The second-order valence-corrected chi connectivity index (χ2v) is 6.40. The Hall–Kier alpha value is -1.31. The predicted octanol–water partition coefficient (Wildman–Crippen LogP) is 1.50. The molecular weight excluding hydrogens is 292 g/mol. The maximum Gasteiger partial charge on any atom is 0.244 e. The van der Waals surface area contributed by atoms with E-state index < -0.39 is 10.0 Å². The quantitative estimate of drug-likeness (QED) is 0.720. The number of benzene rings is 1. The van der Waals surface area contributed by atoms with Gasteiger partial charge in [0.2, 0.25) is 10.0 Å². The number of rotatable bonds is 9. The minimum atomic E-state index is -3.71. The summed E-state index contributed by atoms with van der Waals surface area (Å²) >= 11 is 0. The van der Waals surface area contributed by atoms with Crippen LogP contribution >= 0.6 is 0 Å². The first kappa shape index (κ1) is 17.7. The van der Waals surface area contributed by atoms with Gasteiger partial charge in [0.15, 0.2) is 0 Å². The maximum atomic E-state index is 12.5. The first-order chi connectivity index (χ1) is 9.98. The Balaban J connectivity index is 3.05. The Morgan fingerprint density at radius 2 is 2.00 bits per heavy atom. The average molecular weight is 316 g/mol. The van der Waals surface area contributed by atoms with Gasteiger partial charge in [0.1, 0.15) is 16.4 Å². The van der Waals surface area contributed by atoms with Gasteiger partial charge in [0, 0.05) is 18.7 Å². The summed E-state index contributed by atoms with van der Waals surface area (Å²) in [6.07, 6.45) is 2.61. The van der Waals surface area contributed by atoms with Gasteiger partial charge in [-0.1, -0.05) is 19.8 Å². The fourth-order valence-corrected chi connectivity index (χ4v) is 3.42. The van der Waals surface area contributed by atoms with Crippen molar-refractivity contribution in [1.82, 2.24) is 4.72 Å². The Morgan fingerprint density at radius 1 is 1.29 bits per heavy atom. The third kappa shape index (κ3) is 4.87. The number of unbranched alkanes of at least 4 members (excludes halogenated alkanes) is 1. The average Bonchev–Trinajstić information content (AvgIpc) is 2.50. The Bertz CT molecular complexity index is 546. The number of hydrogen-bond acceptors (Lipinski definition) is 5. The van der Waals surface area contributed by atoms with Crippen LogP contribution in [0, 0.1) is 0 Å². The molecule has 0 bridgehead atoms. The Labute approximate surface area is 126 Å². The molecule has 0 saturated carbocycles. The van der Waals surface area contributed by atoms with Crippen LogP contribution in [-0.2, 0) is 10.0 Å². The molecule has 6 nitrogen and oxygen atoms in total. The highest BCUT2D eigenvalue weighted by Gasteiger charge is 2.23. The van der Waals surface area contributed by atoms with Crippen LogP contribution in [0.15, 0.2) is 23.1 Å². The zero-order chi connectivity index (χ0) is 15.9. The summed E-state index contributed by atoms with van der Waals surface area (Å²) in [5, 5.41) is 0. The van der Waals surface area contributed by atoms with E-state index in [1.807, 2.05) is 6.92 Å². The smallest absolute Gasteiger partial charge is 0.244 e. The van der Waals surface area contributed by atoms with Crippen molar-refractivity contribution in [2.75, 3.05) is 20.8 Å². The van der Waals surface area contributed by atoms with Crippen LogP contribution in [0.4, 0.5) is 0 Å². The number of hydrogen-bond donors (Lipinski definition) is 2. The minimum Gasteiger partial charge on any atom is -0.497 e. The van der Waals surface area contributed by atoms with Crippen LogP contribution in [-0.4, -0.2) is 35.2 Å². The molecule has 0 amide bonds. The van der Waals surface area contributed by atoms with Crippen LogP contribution in [0.25, 0.3) is 0 Å². The number of ether oxygens (including phenoxy) is 2.